The zero-order valence-corrected chi connectivity index (χ0v) is 20.5. The molecule has 2 heterocycles. The smallest absolute Gasteiger partial charge is 0.350 e. The van der Waals surface area contributed by atoms with Gasteiger partial charge in [0.1, 0.15) is 23.4 Å². The van der Waals surface area contributed by atoms with E-state index in [0.717, 1.165) is 22.2 Å². The lowest BCUT2D eigenvalue weighted by Gasteiger charge is -2.21. The van der Waals surface area contributed by atoms with Gasteiger partial charge < -0.3 is 20.5 Å². The van der Waals surface area contributed by atoms with Crippen molar-refractivity contribution in [3.8, 4) is 17.4 Å². The van der Waals surface area contributed by atoms with Crippen LogP contribution in [0, 0.1) is 5.41 Å². The molecule has 12 nitrogen and oxygen atoms in total. The molecule has 2 aromatic carbocycles. The predicted octanol–water partition coefficient (Wildman–Crippen LogP) is 2.33. The third-order valence-electron chi connectivity index (χ3n) is 5.45. The summed E-state index contributed by atoms with van der Waals surface area (Å²) in [7, 11) is 1.58. The molecule has 37 heavy (non-hydrogen) atoms. The van der Waals surface area contributed by atoms with Crippen molar-refractivity contribution in [2.75, 3.05) is 12.4 Å². The van der Waals surface area contributed by atoms with Crippen molar-refractivity contribution in [2.45, 2.75) is 26.3 Å². The Labute approximate surface area is 212 Å². The number of anilines is 1. The molecule has 12 heteroatoms. The number of amidine groups is 1. The number of H-pyrrole nitrogens is 1. The van der Waals surface area contributed by atoms with Gasteiger partial charge in [-0.05, 0) is 47.9 Å². The summed E-state index contributed by atoms with van der Waals surface area (Å²) in [5.74, 6) is 0.379. The number of hydrogen-bond donors (Lipinski definition) is 4. The van der Waals surface area contributed by atoms with E-state index >= 15 is 0 Å². The van der Waals surface area contributed by atoms with E-state index in [1.54, 1.807) is 31.4 Å². The summed E-state index contributed by atoms with van der Waals surface area (Å²) in [6.45, 7) is 3.29. The molecule has 0 amide bonds. The zero-order valence-electron chi connectivity index (χ0n) is 20.5. The Morgan fingerprint density at radius 1 is 1.22 bits per heavy atom. The SMILES string of the molecule is CCc1cc(OC)cc([C@H](Nc2ccc(C(=N)N)c(OC(C)=O)c2)c2nn(-c3ncccn3)c(=O)[nH]2)c1. The van der Waals surface area contributed by atoms with Crippen LogP contribution in [0.1, 0.15) is 42.4 Å². The minimum atomic E-state index is -0.661. The summed E-state index contributed by atoms with van der Waals surface area (Å²) < 4.78 is 11.9. The number of esters is 1. The van der Waals surface area contributed by atoms with Crippen LogP contribution in [-0.4, -0.2) is 43.6 Å². The predicted molar refractivity (Wildman–Crippen MR) is 136 cm³/mol. The molecule has 0 spiro atoms. The second kappa shape index (κ2) is 10.7. The molecule has 0 radical (unpaired) electrons. The molecule has 0 fully saturated rings. The zero-order chi connectivity index (χ0) is 26.5. The van der Waals surface area contributed by atoms with E-state index in [-0.39, 0.29) is 28.9 Å². The van der Waals surface area contributed by atoms with Gasteiger partial charge in [-0.1, -0.05) is 13.0 Å². The van der Waals surface area contributed by atoms with E-state index in [9.17, 15) is 9.59 Å². The highest BCUT2D eigenvalue weighted by Crippen LogP contribution is 2.31. The van der Waals surface area contributed by atoms with Gasteiger partial charge in [-0.3, -0.25) is 15.2 Å². The van der Waals surface area contributed by atoms with E-state index in [4.69, 9.17) is 20.6 Å². The van der Waals surface area contributed by atoms with Crippen molar-refractivity contribution in [2.24, 2.45) is 5.73 Å². The largest absolute Gasteiger partial charge is 0.497 e. The van der Waals surface area contributed by atoms with Crippen LogP contribution < -0.4 is 26.2 Å². The first-order chi connectivity index (χ1) is 17.8. The number of methoxy groups -OCH3 is 1. The first-order valence-electron chi connectivity index (χ1n) is 11.4. The van der Waals surface area contributed by atoms with Gasteiger partial charge in [0.05, 0.1) is 12.7 Å². The van der Waals surface area contributed by atoms with E-state index in [1.165, 1.54) is 19.3 Å². The number of nitrogens with zero attached hydrogens (tertiary/aromatic N) is 4. The molecule has 5 N–H and O–H groups in total. The highest BCUT2D eigenvalue weighted by atomic mass is 16.5. The quantitative estimate of drug-likeness (QED) is 0.116. The maximum atomic E-state index is 12.8. The molecule has 0 bridgehead atoms. The molecule has 1 atom stereocenters. The second-order valence-electron chi connectivity index (χ2n) is 8.04. The number of aromatic nitrogens is 5. The molecule has 0 aliphatic rings. The average Bonchev–Trinajstić information content (AvgIpc) is 3.28. The molecule has 4 rings (SSSR count). The van der Waals surface area contributed by atoms with Crippen LogP contribution in [0.25, 0.3) is 5.95 Å². The summed E-state index contributed by atoms with van der Waals surface area (Å²) in [5, 5.41) is 15.6. The molecule has 0 saturated carbocycles. The van der Waals surface area contributed by atoms with Crippen LogP contribution in [0.5, 0.6) is 11.5 Å². The van der Waals surface area contributed by atoms with E-state index in [0.29, 0.717) is 11.4 Å². The molecular weight excluding hydrogens is 476 g/mol. The van der Waals surface area contributed by atoms with Gasteiger partial charge in [0.25, 0.3) is 5.95 Å². The van der Waals surface area contributed by atoms with Gasteiger partial charge in [0, 0.05) is 31.1 Å². The van der Waals surface area contributed by atoms with Gasteiger partial charge >= 0.3 is 11.7 Å². The Kier molecular flexibility index (Phi) is 7.28. The fourth-order valence-electron chi connectivity index (χ4n) is 3.73. The fourth-order valence-corrected chi connectivity index (χ4v) is 3.73. The number of hydrogen-bond acceptors (Lipinski definition) is 9. The third-order valence-corrected chi connectivity index (χ3v) is 5.45. The van der Waals surface area contributed by atoms with Crippen molar-refractivity contribution in [1.29, 1.82) is 5.41 Å². The van der Waals surface area contributed by atoms with Crippen molar-refractivity contribution >= 4 is 17.5 Å². The number of nitrogen functional groups attached to an aromatic ring is 1. The number of aromatic amines is 1. The Hall–Kier alpha value is -5.00. The summed E-state index contributed by atoms with van der Waals surface area (Å²) in [6.07, 6.45) is 3.78. The van der Waals surface area contributed by atoms with Crippen LogP contribution in [-0.2, 0) is 11.2 Å². The van der Waals surface area contributed by atoms with Gasteiger partial charge in [-0.15, -0.1) is 9.78 Å². The Morgan fingerprint density at radius 2 is 1.97 bits per heavy atom. The summed E-state index contributed by atoms with van der Waals surface area (Å²) in [4.78, 5) is 35.4. The normalized spacial score (nSPS) is 11.5. The van der Waals surface area contributed by atoms with Crippen LogP contribution in [0.15, 0.2) is 59.7 Å². The highest BCUT2D eigenvalue weighted by molar-refractivity contribution is 5.98. The Morgan fingerprint density at radius 3 is 2.62 bits per heavy atom. The number of rotatable bonds is 9. The highest BCUT2D eigenvalue weighted by Gasteiger charge is 2.23. The lowest BCUT2D eigenvalue weighted by molar-refractivity contribution is -0.131. The monoisotopic (exact) mass is 502 g/mol. The second-order valence-corrected chi connectivity index (χ2v) is 8.04. The topological polar surface area (TPSA) is 174 Å². The molecule has 0 aliphatic carbocycles. The first kappa shape index (κ1) is 25.1. The minimum Gasteiger partial charge on any atom is -0.497 e. The van der Waals surface area contributed by atoms with Crippen molar-refractivity contribution in [1.82, 2.24) is 24.7 Å². The van der Waals surface area contributed by atoms with Gasteiger partial charge in [0.15, 0.2) is 5.82 Å². The van der Waals surface area contributed by atoms with E-state index < -0.39 is 17.7 Å². The molecule has 190 valence electrons. The first-order valence-corrected chi connectivity index (χ1v) is 11.4. The molecule has 0 saturated heterocycles. The minimum absolute atomic E-state index is 0.122. The lowest BCUT2D eigenvalue weighted by Crippen LogP contribution is -2.18. The number of aryl methyl sites for hydroxylation is 1. The summed E-state index contributed by atoms with van der Waals surface area (Å²) in [5.41, 5.74) is 7.71. The number of benzene rings is 2. The van der Waals surface area contributed by atoms with Crippen LogP contribution in [0.2, 0.25) is 0 Å². The number of ether oxygens (including phenoxy) is 2. The number of carbonyl (C=O) groups is 1. The lowest BCUT2D eigenvalue weighted by atomic mass is 10.0. The van der Waals surface area contributed by atoms with Crippen LogP contribution >= 0.6 is 0 Å². The number of nitrogens with one attached hydrogen (secondary N) is 3. The van der Waals surface area contributed by atoms with Gasteiger partial charge in [-0.25, -0.2) is 14.8 Å². The average molecular weight is 503 g/mol. The van der Waals surface area contributed by atoms with Crippen LogP contribution in [0.3, 0.4) is 0 Å². The van der Waals surface area contributed by atoms with Crippen molar-refractivity contribution in [3.63, 3.8) is 0 Å². The van der Waals surface area contributed by atoms with E-state index in [2.05, 4.69) is 25.4 Å². The standard InChI is InChI=1S/C25H26N8O4/c1-4-15-10-16(12-18(11-15)36-3)21(23-31-25(35)33(32-23)24-28-8-5-9-29-24)30-17-6-7-19(22(26)27)20(13-17)37-14(2)34/h5-13,21,30H,4H2,1-3H3,(H3,26,27)(H,31,32,35)/t21-/m0/s1. The summed E-state index contributed by atoms with van der Waals surface area (Å²) in [6, 6.07) is 11.5. The van der Waals surface area contributed by atoms with Gasteiger partial charge in [-0.2, -0.15) is 0 Å². The maximum Gasteiger partial charge on any atom is 0.350 e. The maximum absolute atomic E-state index is 12.8. The number of nitrogens with two attached hydrogens (primary N) is 1. The molecular formula is C25H26N8O4. The van der Waals surface area contributed by atoms with Crippen LogP contribution in [0.4, 0.5) is 5.69 Å². The van der Waals surface area contributed by atoms with Crippen molar-refractivity contribution in [3.05, 3.63) is 87.9 Å². The van der Waals surface area contributed by atoms with Crippen molar-refractivity contribution < 1.29 is 14.3 Å². The molecule has 4 aromatic rings. The van der Waals surface area contributed by atoms with E-state index in [1.807, 2.05) is 25.1 Å². The third kappa shape index (κ3) is 5.64. The molecule has 2 aromatic heterocycles. The molecule has 0 unspecified atom stereocenters. The number of carbonyl (C=O) groups excluding carboxylic acids is 1. The molecule has 0 aliphatic heterocycles. The Bertz CT molecular complexity index is 1470. The Balaban J connectivity index is 1.83. The summed E-state index contributed by atoms with van der Waals surface area (Å²) >= 11 is 0. The van der Waals surface area contributed by atoms with Gasteiger partial charge in [0.2, 0.25) is 0 Å². The fraction of sp³-hybridized carbons (Fsp3) is 0.200.